The highest BCUT2D eigenvalue weighted by molar-refractivity contribution is 5.76. The summed E-state index contributed by atoms with van der Waals surface area (Å²) in [5.74, 6) is 0. The van der Waals surface area contributed by atoms with E-state index in [0.717, 1.165) is 23.5 Å². The molecule has 0 saturated carbocycles. The summed E-state index contributed by atoms with van der Waals surface area (Å²) in [5, 5.41) is 0. The lowest BCUT2D eigenvalue weighted by molar-refractivity contribution is 0.782. The van der Waals surface area contributed by atoms with Crippen LogP contribution >= 0.6 is 0 Å². The molecular formula is C19H19N3. The van der Waals surface area contributed by atoms with Crippen LogP contribution in [0.3, 0.4) is 0 Å². The molecule has 3 rings (SSSR count). The minimum absolute atomic E-state index is 0.772. The van der Waals surface area contributed by atoms with Gasteiger partial charge in [0.2, 0.25) is 0 Å². The first-order valence-electron chi connectivity index (χ1n) is 7.42. The summed E-state index contributed by atoms with van der Waals surface area (Å²) in [5.41, 5.74) is 5.73. The van der Waals surface area contributed by atoms with Gasteiger partial charge >= 0.3 is 0 Å². The van der Waals surface area contributed by atoms with Crippen LogP contribution in [0.15, 0.2) is 67.3 Å². The highest BCUT2D eigenvalue weighted by atomic mass is 15.1. The van der Waals surface area contributed by atoms with E-state index < -0.39 is 0 Å². The topological polar surface area (TPSA) is 30.7 Å². The number of hydrogen-bond acceptors (Lipinski definition) is 2. The van der Waals surface area contributed by atoms with Crippen LogP contribution in [0.2, 0.25) is 0 Å². The fraction of sp³-hybridized carbons (Fsp3) is 0.158. The van der Waals surface area contributed by atoms with Gasteiger partial charge in [-0.3, -0.25) is 4.98 Å². The van der Waals surface area contributed by atoms with Crippen molar-refractivity contribution in [3.05, 3.63) is 78.5 Å². The molecule has 2 heterocycles. The number of allylic oxidation sites excluding steroid dienone is 2. The summed E-state index contributed by atoms with van der Waals surface area (Å²) >= 11 is 0. The van der Waals surface area contributed by atoms with Crippen molar-refractivity contribution < 1.29 is 0 Å². The number of nitrogens with zero attached hydrogens (tertiary/aromatic N) is 3. The van der Waals surface area contributed by atoms with Crippen molar-refractivity contribution in [1.82, 2.24) is 14.5 Å². The van der Waals surface area contributed by atoms with Gasteiger partial charge in [-0.15, -0.1) is 0 Å². The molecule has 3 nitrogen and oxygen atoms in total. The predicted octanol–water partition coefficient (Wildman–Crippen LogP) is 4.42. The quantitative estimate of drug-likeness (QED) is 0.712. The van der Waals surface area contributed by atoms with Gasteiger partial charge in [-0.25, -0.2) is 4.98 Å². The standard InChI is InChI=1S/C19H19N3/c1-3-15(2)19-18(17-9-5-4-6-10-17)21-14-22(19)13-16-8-7-11-20-12-16/h3-12,14H,13H2,1-2H3. The van der Waals surface area contributed by atoms with Crippen molar-refractivity contribution >= 4 is 5.57 Å². The van der Waals surface area contributed by atoms with Gasteiger partial charge < -0.3 is 4.57 Å². The molecule has 0 unspecified atom stereocenters. The van der Waals surface area contributed by atoms with E-state index in [0.29, 0.717) is 0 Å². The fourth-order valence-corrected chi connectivity index (χ4v) is 2.55. The Labute approximate surface area is 131 Å². The summed E-state index contributed by atoms with van der Waals surface area (Å²) < 4.78 is 2.19. The van der Waals surface area contributed by atoms with Gasteiger partial charge in [0.1, 0.15) is 0 Å². The van der Waals surface area contributed by atoms with E-state index in [9.17, 15) is 0 Å². The van der Waals surface area contributed by atoms with Gasteiger partial charge in [0.15, 0.2) is 0 Å². The van der Waals surface area contributed by atoms with E-state index >= 15 is 0 Å². The Morgan fingerprint density at radius 1 is 1.14 bits per heavy atom. The summed E-state index contributed by atoms with van der Waals surface area (Å²) in [7, 11) is 0. The van der Waals surface area contributed by atoms with E-state index in [4.69, 9.17) is 0 Å². The molecule has 3 aromatic rings. The van der Waals surface area contributed by atoms with Crippen LogP contribution < -0.4 is 0 Å². The first kappa shape index (κ1) is 14.3. The Kier molecular flexibility index (Phi) is 4.15. The molecule has 0 N–H and O–H groups in total. The maximum absolute atomic E-state index is 4.65. The van der Waals surface area contributed by atoms with Crippen LogP contribution in [0.25, 0.3) is 16.8 Å². The molecule has 0 spiro atoms. The first-order chi connectivity index (χ1) is 10.8. The number of imidazole rings is 1. The highest BCUT2D eigenvalue weighted by Crippen LogP contribution is 2.28. The smallest absolute Gasteiger partial charge is 0.0961 e. The molecule has 3 heteroatoms. The van der Waals surface area contributed by atoms with Crippen LogP contribution in [0.5, 0.6) is 0 Å². The third-order valence-corrected chi connectivity index (χ3v) is 3.77. The second kappa shape index (κ2) is 6.39. The van der Waals surface area contributed by atoms with Crippen LogP contribution in [-0.4, -0.2) is 14.5 Å². The van der Waals surface area contributed by atoms with Gasteiger partial charge in [-0.2, -0.15) is 0 Å². The zero-order chi connectivity index (χ0) is 15.4. The van der Waals surface area contributed by atoms with Crippen LogP contribution in [0.1, 0.15) is 25.1 Å². The average Bonchev–Trinajstić information content (AvgIpc) is 2.99. The highest BCUT2D eigenvalue weighted by Gasteiger charge is 2.14. The summed E-state index contributed by atoms with van der Waals surface area (Å²) in [6.45, 7) is 4.96. The van der Waals surface area contributed by atoms with Crippen molar-refractivity contribution in [2.45, 2.75) is 20.4 Å². The number of benzene rings is 1. The second-order valence-electron chi connectivity index (χ2n) is 5.27. The molecule has 0 radical (unpaired) electrons. The molecule has 0 atom stereocenters. The second-order valence-corrected chi connectivity index (χ2v) is 5.27. The van der Waals surface area contributed by atoms with Crippen molar-refractivity contribution in [3.63, 3.8) is 0 Å². The van der Waals surface area contributed by atoms with E-state index in [2.05, 4.69) is 52.7 Å². The largest absolute Gasteiger partial charge is 0.326 e. The van der Waals surface area contributed by atoms with E-state index in [1.165, 1.54) is 11.1 Å². The fourth-order valence-electron chi connectivity index (χ4n) is 2.55. The van der Waals surface area contributed by atoms with Crippen molar-refractivity contribution in [1.29, 1.82) is 0 Å². The van der Waals surface area contributed by atoms with Crippen LogP contribution in [-0.2, 0) is 6.54 Å². The monoisotopic (exact) mass is 289 g/mol. The van der Waals surface area contributed by atoms with Crippen LogP contribution in [0, 0.1) is 0 Å². The molecule has 1 aromatic carbocycles. The molecular weight excluding hydrogens is 270 g/mol. The third kappa shape index (κ3) is 2.84. The van der Waals surface area contributed by atoms with Crippen LogP contribution in [0.4, 0.5) is 0 Å². The third-order valence-electron chi connectivity index (χ3n) is 3.77. The van der Waals surface area contributed by atoms with Crippen molar-refractivity contribution in [2.24, 2.45) is 0 Å². The Hall–Kier alpha value is -2.68. The Balaban J connectivity index is 2.06. The number of pyridine rings is 1. The Morgan fingerprint density at radius 2 is 1.95 bits per heavy atom. The molecule has 0 aliphatic heterocycles. The van der Waals surface area contributed by atoms with Crippen molar-refractivity contribution in [2.75, 3.05) is 0 Å². The first-order valence-corrected chi connectivity index (χ1v) is 7.42. The molecule has 22 heavy (non-hydrogen) atoms. The van der Waals surface area contributed by atoms with Gasteiger partial charge in [0, 0.05) is 18.0 Å². The lowest BCUT2D eigenvalue weighted by Gasteiger charge is -2.11. The Bertz CT molecular complexity index is 771. The minimum atomic E-state index is 0.772. The molecule has 0 amide bonds. The summed E-state index contributed by atoms with van der Waals surface area (Å²) in [6, 6.07) is 14.4. The molecule has 0 fully saturated rings. The minimum Gasteiger partial charge on any atom is -0.326 e. The molecule has 2 aromatic heterocycles. The molecule has 110 valence electrons. The number of hydrogen-bond donors (Lipinski definition) is 0. The maximum atomic E-state index is 4.65. The zero-order valence-corrected chi connectivity index (χ0v) is 12.9. The normalized spacial score (nSPS) is 11.6. The van der Waals surface area contributed by atoms with E-state index in [1.54, 1.807) is 6.20 Å². The number of rotatable bonds is 4. The van der Waals surface area contributed by atoms with Gasteiger partial charge in [0.25, 0.3) is 0 Å². The summed E-state index contributed by atoms with van der Waals surface area (Å²) in [4.78, 5) is 8.85. The van der Waals surface area contributed by atoms with E-state index in [-0.39, 0.29) is 0 Å². The molecule has 0 aliphatic carbocycles. The van der Waals surface area contributed by atoms with Gasteiger partial charge in [0.05, 0.1) is 24.3 Å². The van der Waals surface area contributed by atoms with E-state index in [1.807, 2.05) is 36.8 Å². The van der Waals surface area contributed by atoms with Gasteiger partial charge in [-0.05, 0) is 31.1 Å². The molecule has 0 bridgehead atoms. The summed E-state index contributed by atoms with van der Waals surface area (Å²) in [6.07, 6.45) is 7.74. The van der Waals surface area contributed by atoms with Crippen molar-refractivity contribution in [3.8, 4) is 11.3 Å². The predicted molar refractivity (Wildman–Crippen MR) is 90.3 cm³/mol. The SMILES string of the molecule is CC=C(C)c1c(-c2ccccc2)ncn1Cc1cccnc1. The average molecular weight is 289 g/mol. The molecule has 0 aliphatic rings. The maximum Gasteiger partial charge on any atom is 0.0961 e. The van der Waals surface area contributed by atoms with Gasteiger partial charge in [-0.1, -0.05) is 42.5 Å². The lowest BCUT2D eigenvalue weighted by atomic mass is 10.1. The number of aromatic nitrogens is 3. The lowest BCUT2D eigenvalue weighted by Crippen LogP contribution is -2.03. The molecule has 0 saturated heterocycles. The zero-order valence-electron chi connectivity index (χ0n) is 12.9. The Morgan fingerprint density at radius 3 is 2.64 bits per heavy atom.